The van der Waals surface area contributed by atoms with E-state index in [1.165, 1.54) is 0 Å². The maximum Gasteiger partial charge on any atom is 1.00 e. The van der Waals surface area contributed by atoms with Crippen LogP contribution in [0.3, 0.4) is 0 Å². The first kappa shape index (κ1) is 25.8. The van der Waals surface area contributed by atoms with Gasteiger partial charge in [0.2, 0.25) is 0 Å². The molecule has 11 heteroatoms. The Hall–Kier alpha value is 2.09. The van der Waals surface area contributed by atoms with E-state index in [4.69, 9.17) is 4.89 Å². The summed E-state index contributed by atoms with van der Waals surface area (Å²) in [5.41, 5.74) is -2.44. The van der Waals surface area contributed by atoms with Crippen LogP contribution in [0.5, 0.6) is 0 Å². The summed E-state index contributed by atoms with van der Waals surface area (Å²) in [6.45, 7) is 0. The second-order valence-electron chi connectivity index (χ2n) is 1.98. The molecule has 0 aliphatic rings. The standard InChI is InChI=1S/C4H7O7P.3Na/c5-3(6)1-2(4(7)8)12(9,10)11;;;/h2H,1H2,(H,5,6)(H,7,8)(H2,9,10,11);;;/q;3*+1/p-3. The van der Waals surface area contributed by atoms with Crippen molar-refractivity contribution in [3.05, 3.63) is 0 Å². The molecule has 15 heavy (non-hydrogen) atoms. The molecule has 0 aromatic rings. The molecule has 0 aromatic carbocycles. The summed E-state index contributed by atoms with van der Waals surface area (Å²) in [5, 5.41) is 19.7. The minimum Gasteiger partial charge on any atom is -0.778 e. The minimum atomic E-state index is -5.22. The van der Waals surface area contributed by atoms with Gasteiger partial charge in [0, 0.05) is 12.4 Å². The number of hydrogen-bond donors (Lipinski definition) is 1. The molecule has 0 radical (unpaired) electrons. The summed E-state index contributed by atoms with van der Waals surface area (Å²) in [6, 6.07) is 0. The molecular formula is C4H4Na3O7P. The summed E-state index contributed by atoms with van der Waals surface area (Å²) >= 11 is 0. The normalized spacial score (nSPS) is 14.3. The van der Waals surface area contributed by atoms with Crippen LogP contribution in [0.2, 0.25) is 0 Å². The van der Waals surface area contributed by atoms with E-state index in [9.17, 15) is 29.3 Å². The van der Waals surface area contributed by atoms with Crippen molar-refractivity contribution >= 4 is 19.5 Å². The van der Waals surface area contributed by atoms with Crippen molar-refractivity contribution in [3.63, 3.8) is 0 Å². The Morgan fingerprint density at radius 1 is 1.20 bits per heavy atom. The molecule has 0 spiro atoms. The molecular weight excluding hydrogens is 260 g/mol. The molecule has 0 aliphatic heterocycles. The van der Waals surface area contributed by atoms with E-state index in [2.05, 4.69) is 0 Å². The van der Waals surface area contributed by atoms with Gasteiger partial charge in [0.15, 0.2) is 0 Å². The van der Waals surface area contributed by atoms with E-state index in [0.717, 1.165) is 0 Å². The van der Waals surface area contributed by atoms with E-state index in [1.807, 2.05) is 0 Å². The minimum absolute atomic E-state index is 0. The second-order valence-corrected chi connectivity index (χ2v) is 3.73. The predicted molar refractivity (Wildman–Crippen MR) is 28.2 cm³/mol. The Morgan fingerprint density at radius 3 is 1.60 bits per heavy atom. The van der Waals surface area contributed by atoms with Gasteiger partial charge in [-0.15, -0.1) is 0 Å². The number of carboxylic acids is 2. The molecule has 70 valence electrons. The van der Waals surface area contributed by atoms with E-state index in [-0.39, 0.29) is 88.7 Å². The molecule has 0 aliphatic carbocycles. The third-order valence-electron chi connectivity index (χ3n) is 1.03. The largest absolute Gasteiger partial charge is 1.00 e. The van der Waals surface area contributed by atoms with Crippen LogP contribution < -0.4 is 104 Å². The molecule has 2 unspecified atom stereocenters. The maximum atomic E-state index is 10.2. The monoisotopic (exact) mass is 264 g/mol. The number of carboxylic acid groups (broad SMARTS) is 2. The first-order valence-electron chi connectivity index (χ1n) is 2.69. The SMILES string of the molecule is O=C([O-])CC(C(=O)[O-])P(=O)([O-])O.[Na+].[Na+].[Na+]. The third-order valence-corrected chi connectivity index (χ3v) is 2.21. The summed E-state index contributed by atoms with van der Waals surface area (Å²) in [5.74, 6) is -4.06. The number of aliphatic carboxylic acids is 2. The Morgan fingerprint density at radius 2 is 1.53 bits per heavy atom. The van der Waals surface area contributed by atoms with Crippen LogP contribution in [0, 0.1) is 0 Å². The molecule has 0 saturated carbocycles. The van der Waals surface area contributed by atoms with Crippen molar-refractivity contribution in [2.24, 2.45) is 0 Å². The fraction of sp³-hybridized carbons (Fsp3) is 0.500. The zero-order valence-electron chi connectivity index (χ0n) is 8.63. The van der Waals surface area contributed by atoms with Crippen LogP contribution in [0.1, 0.15) is 6.42 Å². The van der Waals surface area contributed by atoms with E-state index >= 15 is 0 Å². The van der Waals surface area contributed by atoms with Gasteiger partial charge in [-0.05, 0) is 0 Å². The van der Waals surface area contributed by atoms with Crippen LogP contribution in [-0.4, -0.2) is 22.5 Å². The van der Waals surface area contributed by atoms with Crippen molar-refractivity contribution in [1.82, 2.24) is 0 Å². The second kappa shape index (κ2) is 11.2. The van der Waals surface area contributed by atoms with Crippen molar-refractivity contribution in [3.8, 4) is 0 Å². The Bertz CT molecular complexity index is 251. The zero-order valence-corrected chi connectivity index (χ0v) is 15.5. The van der Waals surface area contributed by atoms with Crippen LogP contribution in [0.15, 0.2) is 0 Å². The molecule has 0 heterocycles. The van der Waals surface area contributed by atoms with Gasteiger partial charge in [-0.3, -0.25) is 0 Å². The summed E-state index contributed by atoms with van der Waals surface area (Å²) in [7, 11) is -5.22. The number of carbonyl (C=O) groups excluding carboxylic acids is 2. The molecule has 2 atom stereocenters. The Balaban J connectivity index is -0.000000202. The fourth-order valence-electron chi connectivity index (χ4n) is 0.490. The first-order chi connectivity index (χ1) is 5.25. The van der Waals surface area contributed by atoms with Gasteiger partial charge >= 0.3 is 88.7 Å². The van der Waals surface area contributed by atoms with Gasteiger partial charge in [-0.1, -0.05) is 0 Å². The van der Waals surface area contributed by atoms with Gasteiger partial charge in [-0.2, -0.15) is 0 Å². The fourth-order valence-corrected chi connectivity index (χ4v) is 1.14. The van der Waals surface area contributed by atoms with Crippen LogP contribution in [0.4, 0.5) is 0 Å². The molecule has 0 bridgehead atoms. The van der Waals surface area contributed by atoms with Crippen molar-refractivity contribution in [2.45, 2.75) is 12.1 Å². The molecule has 0 rings (SSSR count). The number of rotatable bonds is 4. The van der Waals surface area contributed by atoms with Crippen LogP contribution >= 0.6 is 7.60 Å². The van der Waals surface area contributed by atoms with E-state index < -0.39 is 31.6 Å². The smallest absolute Gasteiger partial charge is 0.778 e. The van der Waals surface area contributed by atoms with Gasteiger partial charge in [0.1, 0.15) is 7.60 Å². The van der Waals surface area contributed by atoms with E-state index in [0.29, 0.717) is 0 Å². The van der Waals surface area contributed by atoms with Gasteiger partial charge < -0.3 is 34.2 Å². The average Bonchev–Trinajstić information content (AvgIpc) is 1.79. The Kier molecular flexibility index (Phi) is 19.3. The zero-order chi connectivity index (χ0) is 9.94. The van der Waals surface area contributed by atoms with Gasteiger partial charge in [0.25, 0.3) is 0 Å². The molecule has 1 N–H and O–H groups in total. The maximum absolute atomic E-state index is 10.2. The predicted octanol–water partition coefficient (Wildman–Crippen LogP) is -13.2. The molecule has 7 nitrogen and oxygen atoms in total. The third kappa shape index (κ3) is 12.3. The summed E-state index contributed by atoms with van der Waals surface area (Å²) in [6.07, 6.45) is -1.32. The molecule has 0 saturated heterocycles. The van der Waals surface area contributed by atoms with Gasteiger partial charge in [-0.25, -0.2) is 0 Å². The Labute approximate surface area is 152 Å². The van der Waals surface area contributed by atoms with Crippen molar-refractivity contribution < 1.29 is 123 Å². The topological polar surface area (TPSA) is 141 Å². The number of carbonyl (C=O) groups is 2. The van der Waals surface area contributed by atoms with Crippen molar-refractivity contribution in [1.29, 1.82) is 0 Å². The van der Waals surface area contributed by atoms with Gasteiger partial charge in [0.05, 0.1) is 11.6 Å². The molecule has 0 fully saturated rings. The summed E-state index contributed by atoms with van der Waals surface area (Å²) in [4.78, 5) is 38.1. The van der Waals surface area contributed by atoms with Crippen molar-refractivity contribution in [2.75, 3.05) is 0 Å². The average molecular weight is 264 g/mol. The van der Waals surface area contributed by atoms with Crippen LogP contribution in [0.25, 0.3) is 0 Å². The first-order valence-corrected chi connectivity index (χ1v) is 4.34. The summed E-state index contributed by atoms with van der Waals surface area (Å²) < 4.78 is 10.2. The molecule has 0 aromatic heterocycles. The quantitative estimate of drug-likeness (QED) is 0.392. The van der Waals surface area contributed by atoms with E-state index in [1.54, 1.807) is 0 Å². The van der Waals surface area contributed by atoms with Crippen LogP contribution in [-0.2, 0) is 14.2 Å². The molecule has 0 amide bonds. The number of hydrogen-bond acceptors (Lipinski definition) is 6.